The van der Waals surface area contributed by atoms with E-state index in [4.69, 9.17) is 4.42 Å². The van der Waals surface area contributed by atoms with Crippen molar-refractivity contribution < 1.29 is 4.42 Å². The number of hydrogen-bond donors (Lipinski definition) is 1. The van der Waals surface area contributed by atoms with Gasteiger partial charge in [0.1, 0.15) is 5.76 Å². The van der Waals surface area contributed by atoms with Crippen LogP contribution in [0.2, 0.25) is 0 Å². The predicted molar refractivity (Wildman–Crippen MR) is 71.0 cm³/mol. The Morgan fingerprint density at radius 3 is 2.89 bits per heavy atom. The minimum atomic E-state index is 0.740. The molecule has 0 atom stereocenters. The molecule has 1 N–H and O–H groups in total. The van der Waals surface area contributed by atoms with Gasteiger partial charge in [-0.25, -0.2) is 0 Å². The largest absolute Gasteiger partial charge is 0.468 e. The molecule has 2 heterocycles. The van der Waals surface area contributed by atoms with Crippen molar-refractivity contribution in [3.8, 4) is 0 Å². The third-order valence-corrected chi connectivity index (χ3v) is 2.93. The van der Waals surface area contributed by atoms with Gasteiger partial charge in [0.2, 0.25) is 0 Å². The fourth-order valence-corrected chi connectivity index (χ4v) is 2.05. The van der Waals surface area contributed by atoms with Crippen LogP contribution in [0.15, 0.2) is 59.3 Å². The summed E-state index contributed by atoms with van der Waals surface area (Å²) in [6, 6.07) is 14.1. The molecule has 0 bridgehead atoms. The first kappa shape index (κ1) is 11.0. The maximum Gasteiger partial charge on any atom is 0.117 e. The van der Waals surface area contributed by atoms with E-state index >= 15 is 0 Å². The van der Waals surface area contributed by atoms with E-state index in [0.29, 0.717) is 0 Å². The molecule has 0 unspecified atom stereocenters. The summed E-state index contributed by atoms with van der Waals surface area (Å²) >= 11 is 0. The van der Waals surface area contributed by atoms with Gasteiger partial charge >= 0.3 is 0 Å². The van der Waals surface area contributed by atoms with Crippen LogP contribution in [-0.4, -0.2) is 4.98 Å². The highest BCUT2D eigenvalue weighted by Crippen LogP contribution is 2.16. The van der Waals surface area contributed by atoms with Crippen molar-refractivity contribution in [2.24, 2.45) is 0 Å². The van der Waals surface area contributed by atoms with Crippen molar-refractivity contribution in [3.63, 3.8) is 0 Å². The summed E-state index contributed by atoms with van der Waals surface area (Å²) in [6.07, 6.45) is 3.52. The zero-order chi connectivity index (χ0) is 12.2. The van der Waals surface area contributed by atoms with Gasteiger partial charge in [-0.3, -0.25) is 4.98 Å². The Labute approximate surface area is 105 Å². The Morgan fingerprint density at radius 2 is 2.00 bits per heavy atom. The van der Waals surface area contributed by atoms with Gasteiger partial charge < -0.3 is 9.73 Å². The summed E-state index contributed by atoms with van der Waals surface area (Å²) in [5.41, 5.74) is 2.29. The van der Waals surface area contributed by atoms with Gasteiger partial charge in [-0.15, -0.1) is 0 Å². The number of furan rings is 1. The van der Waals surface area contributed by atoms with Crippen LogP contribution in [0.4, 0.5) is 0 Å². The SMILES string of the molecule is c1coc(CNCc2cccc3ncccc23)c1. The third kappa shape index (κ3) is 2.26. The lowest BCUT2D eigenvalue weighted by Gasteiger charge is -2.06. The first-order valence-electron chi connectivity index (χ1n) is 5.99. The summed E-state index contributed by atoms with van der Waals surface area (Å²) < 4.78 is 5.28. The van der Waals surface area contributed by atoms with Crippen LogP contribution in [0, 0.1) is 0 Å². The smallest absolute Gasteiger partial charge is 0.117 e. The summed E-state index contributed by atoms with van der Waals surface area (Å²) in [5, 5.41) is 4.58. The molecule has 0 radical (unpaired) electrons. The van der Waals surface area contributed by atoms with E-state index in [1.807, 2.05) is 36.5 Å². The highest BCUT2D eigenvalue weighted by Gasteiger charge is 2.01. The summed E-state index contributed by atoms with van der Waals surface area (Å²) in [5.74, 6) is 0.952. The summed E-state index contributed by atoms with van der Waals surface area (Å²) in [4.78, 5) is 4.35. The van der Waals surface area contributed by atoms with Crippen LogP contribution in [0.1, 0.15) is 11.3 Å². The van der Waals surface area contributed by atoms with Crippen LogP contribution in [0.5, 0.6) is 0 Å². The van der Waals surface area contributed by atoms with Crippen molar-refractivity contribution in [1.82, 2.24) is 10.3 Å². The van der Waals surface area contributed by atoms with Gasteiger partial charge in [-0.2, -0.15) is 0 Å². The van der Waals surface area contributed by atoms with Crippen LogP contribution >= 0.6 is 0 Å². The van der Waals surface area contributed by atoms with Crippen molar-refractivity contribution in [2.75, 3.05) is 0 Å². The lowest BCUT2D eigenvalue weighted by molar-refractivity contribution is 0.483. The molecule has 0 spiro atoms. The van der Waals surface area contributed by atoms with Gasteiger partial charge in [0.05, 0.1) is 18.3 Å². The van der Waals surface area contributed by atoms with E-state index in [1.54, 1.807) is 6.26 Å². The number of rotatable bonds is 4. The number of hydrogen-bond acceptors (Lipinski definition) is 3. The van der Waals surface area contributed by atoms with Crippen LogP contribution in [0.3, 0.4) is 0 Å². The molecule has 0 aliphatic rings. The predicted octanol–water partition coefficient (Wildman–Crippen LogP) is 3.12. The molecule has 2 aromatic heterocycles. The van der Waals surface area contributed by atoms with Crippen molar-refractivity contribution in [1.29, 1.82) is 0 Å². The highest BCUT2D eigenvalue weighted by atomic mass is 16.3. The number of pyridine rings is 1. The molecule has 0 aliphatic heterocycles. The Hall–Kier alpha value is -2.13. The van der Waals surface area contributed by atoms with Gasteiger partial charge in [-0.1, -0.05) is 18.2 Å². The second-order valence-electron chi connectivity index (χ2n) is 4.17. The third-order valence-electron chi connectivity index (χ3n) is 2.93. The highest BCUT2D eigenvalue weighted by molar-refractivity contribution is 5.81. The van der Waals surface area contributed by atoms with Crippen LogP contribution in [-0.2, 0) is 13.1 Å². The fourth-order valence-electron chi connectivity index (χ4n) is 2.05. The van der Waals surface area contributed by atoms with E-state index in [9.17, 15) is 0 Å². The molecule has 0 amide bonds. The number of nitrogens with zero attached hydrogens (tertiary/aromatic N) is 1. The topological polar surface area (TPSA) is 38.1 Å². The fraction of sp³-hybridized carbons (Fsp3) is 0.133. The minimum Gasteiger partial charge on any atom is -0.468 e. The molecular formula is C15H14N2O. The average Bonchev–Trinajstić information content (AvgIpc) is 2.92. The molecule has 0 aliphatic carbocycles. The zero-order valence-corrected chi connectivity index (χ0v) is 9.97. The molecule has 3 nitrogen and oxygen atoms in total. The Kier molecular flexibility index (Phi) is 3.07. The van der Waals surface area contributed by atoms with E-state index in [1.165, 1.54) is 10.9 Å². The van der Waals surface area contributed by atoms with E-state index in [-0.39, 0.29) is 0 Å². The van der Waals surface area contributed by atoms with Gasteiger partial charge in [0.15, 0.2) is 0 Å². The van der Waals surface area contributed by atoms with Gasteiger partial charge in [0.25, 0.3) is 0 Å². The summed E-state index contributed by atoms with van der Waals surface area (Å²) in [6.45, 7) is 1.55. The first-order valence-corrected chi connectivity index (χ1v) is 5.99. The maximum absolute atomic E-state index is 5.28. The molecular weight excluding hydrogens is 224 g/mol. The average molecular weight is 238 g/mol. The Balaban J connectivity index is 1.74. The Morgan fingerprint density at radius 1 is 1.00 bits per heavy atom. The van der Waals surface area contributed by atoms with Gasteiger partial charge in [-0.05, 0) is 29.8 Å². The monoisotopic (exact) mass is 238 g/mol. The van der Waals surface area contributed by atoms with Gasteiger partial charge in [0, 0.05) is 18.1 Å². The molecule has 90 valence electrons. The summed E-state index contributed by atoms with van der Waals surface area (Å²) in [7, 11) is 0. The zero-order valence-electron chi connectivity index (χ0n) is 9.97. The molecule has 3 aromatic rings. The molecule has 3 rings (SSSR count). The van der Waals surface area contributed by atoms with Crippen LogP contribution in [0.25, 0.3) is 10.9 Å². The number of nitrogens with one attached hydrogen (secondary N) is 1. The molecule has 1 aromatic carbocycles. The normalized spacial score (nSPS) is 10.9. The number of fused-ring (bicyclic) bond motifs is 1. The minimum absolute atomic E-state index is 0.740. The Bertz CT molecular complexity index is 627. The van der Waals surface area contributed by atoms with E-state index < -0.39 is 0 Å². The van der Waals surface area contributed by atoms with E-state index in [2.05, 4.69) is 22.4 Å². The number of benzene rings is 1. The number of aromatic nitrogens is 1. The molecule has 0 fully saturated rings. The van der Waals surface area contributed by atoms with Crippen molar-refractivity contribution in [2.45, 2.75) is 13.1 Å². The quantitative estimate of drug-likeness (QED) is 0.759. The lowest BCUT2D eigenvalue weighted by atomic mass is 10.1. The maximum atomic E-state index is 5.28. The molecule has 3 heteroatoms. The molecule has 0 saturated heterocycles. The van der Waals surface area contributed by atoms with Crippen molar-refractivity contribution >= 4 is 10.9 Å². The standard InChI is InChI=1S/C15H14N2O/c1-4-12(10-16-11-13-5-3-9-18-13)14-6-2-8-17-15(14)7-1/h1-9,16H,10-11H2. The first-order chi connectivity index (χ1) is 8.93. The second kappa shape index (κ2) is 5.02. The lowest BCUT2D eigenvalue weighted by Crippen LogP contribution is -2.12. The molecule has 0 saturated carbocycles. The molecule has 18 heavy (non-hydrogen) atoms. The van der Waals surface area contributed by atoms with Crippen molar-refractivity contribution in [3.05, 3.63) is 66.2 Å². The van der Waals surface area contributed by atoms with E-state index in [0.717, 1.165) is 24.4 Å². The van der Waals surface area contributed by atoms with Crippen LogP contribution < -0.4 is 5.32 Å². The second-order valence-corrected chi connectivity index (χ2v) is 4.17.